The molecule has 4 nitrogen and oxygen atoms in total. The number of nitrogens with one attached hydrogen (secondary N) is 1. The second-order valence-electron chi connectivity index (χ2n) is 7.08. The molecule has 1 aliphatic rings. The molecule has 1 N–H and O–H groups in total. The molecule has 1 saturated heterocycles. The minimum atomic E-state index is 0.552. The van der Waals surface area contributed by atoms with Crippen LogP contribution in [0.4, 0.5) is 0 Å². The third-order valence-electron chi connectivity index (χ3n) is 5.30. The molecular weight excluding hydrogens is 308 g/mol. The molecule has 1 aromatic carbocycles. The molecule has 0 spiro atoms. The number of nitrogens with zero attached hydrogens (tertiary/aromatic N) is 3. The zero-order valence-corrected chi connectivity index (χ0v) is 15.6. The third-order valence-corrected chi connectivity index (χ3v) is 5.30. The van der Waals surface area contributed by atoms with E-state index in [1.807, 2.05) is 13.0 Å². The summed E-state index contributed by atoms with van der Waals surface area (Å²) >= 11 is 0. The van der Waals surface area contributed by atoms with Gasteiger partial charge in [-0.3, -0.25) is 0 Å². The van der Waals surface area contributed by atoms with Crippen molar-refractivity contribution in [2.24, 2.45) is 0 Å². The van der Waals surface area contributed by atoms with Crippen LogP contribution in [0.25, 0.3) is 0 Å². The first kappa shape index (κ1) is 19.4. The van der Waals surface area contributed by atoms with E-state index in [0.717, 1.165) is 43.7 Å². The van der Waals surface area contributed by atoms with Crippen LogP contribution in [-0.4, -0.2) is 37.1 Å². The lowest BCUT2D eigenvalue weighted by Gasteiger charge is -2.20. The van der Waals surface area contributed by atoms with Gasteiger partial charge >= 0.3 is 0 Å². The smallest absolute Gasteiger partial charge is 0.0994 e. The van der Waals surface area contributed by atoms with E-state index >= 15 is 0 Å². The molecule has 2 rings (SSSR count). The Kier molecular flexibility index (Phi) is 7.92. The van der Waals surface area contributed by atoms with E-state index in [0.29, 0.717) is 18.4 Å². The zero-order chi connectivity index (χ0) is 18.1. The summed E-state index contributed by atoms with van der Waals surface area (Å²) in [5.41, 5.74) is 3.24. The highest BCUT2D eigenvalue weighted by Gasteiger charge is 2.21. The van der Waals surface area contributed by atoms with Crippen LogP contribution < -0.4 is 5.32 Å². The topological polar surface area (TPSA) is 62.9 Å². The number of hydrogen-bond donors (Lipinski definition) is 1. The van der Waals surface area contributed by atoms with Gasteiger partial charge in [0.25, 0.3) is 0 Å². The number of likely N-dealkylation sites (tertiary alicyclic amines) is 1. The number of benzene rings is 1. The summed E-state index contributed by atoms with van der Waals surface area (Å²) in [6.07, 6.45) is 5.34. The van der Waals surface area contributed by atoms with Crippen LogP contribution in [0.15, 0.2) is 18.2 Å². The summed E-state index contributed by atoms with van der Waals surface area (Å²) < 4.78 is 0. The molecular formula is C21H30N4. The highest BCUT2D eigenvalue weighted by atomic mass is 15.2. The fourth-order valence-corrected chi connectivity index (χ4v) is 3.77. The van der Waals surface area contributed by atoms with Gasteiger partial charge in [0.2, 0.25) is 0 Å². The standard InChI is InChI=1S/C21H30N4/c1-3-18(19-7-8-20(15-23)17(2)14-19)6-4-12-25-13-9-21(16-25)24-11-5-10-22/h7-8,14,18,21,24H,3-6,9,11-13,16H2,1-2H3. The maximum atomic E-state index is 9.08. The lowest BCUT2D eigenvalue weighted by Crippen LogP contribution is -2.33. The number of aryl methyl sites for hydroxylation is 1. The molecule has 2 unspecified atom stereocenters. The Balaban J connectivity index is 1.76. The fraction of sp³-hybridized carbons (Fsp3) is 0.619. The molecule has 0 saturated carbocycles. The maximum absolute atomic E-state index is 9.08. The fourth-order valence-electron chi connectivity index (χ4n) is 3.77. The summed E-state index contributed by atoms with van der Waals surface area (Å²) in [6, 6.07) is 11.3. The molecule has 1 aromatic rings. The maximum Gasteiger partial charge on any atom is 0.0994 e. The lowest BCUT2D eigenvalue weighted by molar-refractivity contribution is 0.314. The first-order chi connectivity index (χ1) is 12.2. The molecule has 0 radical (unpaired) electrons. The van der Waals surface area contributed by atoms with Gasteiger partial charge in [0, 0.05) is 25.6 Å². The lowest BCUT2D eigenvalue weighted by atomic mass is 9.90. The Hall–Kier alpha value is -1.88. The number of nitriles is 2. The Bertz CT molecular complexity index is 626. The molecule has 2 atom stereocenters. The number of rotatable bonds is 9. The van der Waals surface area contributed by atoms with Crippen LogP contribution in [0.5, 0.6) is 0 Å². The van der Waals surface area contributed by atoms with Crippen molar-refractivity contribution in [3.63, 3.8) is 0 Å². The van der Waals surface area contributed by atoms with Gasteiger partial charge in [-0.15, -0.1) is 0 Å². The number of hydrogen-bond acceptors (Lipinski definition) is 4. The van der Waals surface area contributed by atoms with Gasteiger partial charge in [0.15, 0.2) is 0 Å². The third kappa shape index (κ3) is 5.85. The van der Waals surface area contributed by atoms with Crippen molar-refractivity contribution < 1.29 is 0 Å². The van der Waals surface area contributed by atoms with E-state index in [4.69, 9.17) is 10.5 Å². The minimum Gasteiger partial charge on any atom is -0.312 e. The average Bonchev–Trinajstić information content (AvgIpc) is 3.06. The normalized spacial score (nSPS) is 18.6. The summed E-state index contributed by atoms with van der Waals surface area (Å²) in [4.78, 5) is 2.54. The first-order valence-electron chi connectivity index (χ1n) is 9.51. The zero-order valence-electron chi connectivity index (χ0n) is 15.6. The van der Waals surface area contributed by atoms with E-state index < -0.39 is 0 Å². The molecule has 134 valence electrons. The SMILES string of the molecule is CCC(CCCN1CCC(NCCC#N)C1)c1ccc(C#N)c(C)c1. The molecule has 0 aromatic heterocycles. The van der Waals surface area contributed by atoms with Gasteiger partial charge in [-0.2, -0.15) is 10.5 Å². The molecule has 1 aliphatic heterocycles. The molecule has 0 bridgehead atoms. The summed E-state index contributed by atoms with van der Waals surface area (Å²) in [6.45, 7) is 8.52. The quantitative estimate of drug-likeness (QED) is 0.697. The van der Waals surface area contributed by atoms with Gasteiger partial charge in [-0.1, -0.05) is 19.1 Å². The summed E-state index contributed by atoms with van der Waals surface area (Å²) in [7, 11) is 0. The predicted octanol–water partition coefficient (Wildman–Crippen LogP) is 3.72. The second kappa shape index (κ2) is 10.2. The van der Waals surface area contributed by atoms with Crippen LogP contribution in [0, 0.1) is 29.6 Å². The van der Waals surface area contributed by atoms with Crippen molar-refractivity contribution in [1.82, 2.24) is 10.2 Å². The highest BCUT2D eigenvalue weighted by Crippen LogP contribution is 2.27. The van der Waals surface area contributed by atoms with Crippen molar-refractivity contribution in [1.29, 1.82) is 10.5 Å². The van der Waals surface area contributed by atoms with Crippen LogP contribution >= 0.6 is 0 Å². The van der Waals surface area contributed by atoms with Gasteiger partial charge < -0.3 is 10.2 Å². The van der Waals surface area contributed by atoms with Gasteiger partial charge in [0.1, 0.15) is 0 Å². The van der Waals surface area contributed by atoms with Crippen LogP contribution in [0.1, 0.15) is 61.6 Å². The molecule has 4 heteroatoms. The van der Waals surface area contributed by atoms with Gasteiger partial charge in [-0.25, -0.2) is 0 Å². The Morgan fingerprint density at radius 3 is 2.88 bits per heavy atom. The molecule has 1 heterocycles. The van der Waals surface area contributed by atoms with Crippen molar-refractivity contribution >= 4 is 0 Å². The van der Waals surface area contributed by atoms with E-state index in [9.17, 15) is 0 Å². The highest BCUT2D eigenvalue weighted by molar-refractivity contribution is 5.40. The van der Waals surface area contributed by atoms with E-state index in [1.54, 1.807) is 0 Å². The molecule has 0 amide bonds. The van der Waals surface area contributed by atoms with E-state index in [-0.39, 0.29) is 0 Å². The van der Waals surface area contributed by atoms with Crippen LogP contribution in [-0.2, 0) is 0 Å². The van der Waals surface area contributed by atoms with Crippen molar-refractivity contribution in [2.75, 3.05) is 26.2 Å². The largest absolute Gasteiger partial charge is 0.312 e. The summed E-state index contributed by atoms with van der Waals surface area (Å²) in [5.74, 6) is 0.582. The molecule has 25 heavy (non-hydrogen) atoms. The van der Waals surface area contributed by atoms with E-state index in [2.05, 4.69) is 41.4 Å². The molecule has 0 aliphatic carbocycles. The Labute approximate surface area is 152 Å². The van der Waals surface area contributed by atoms with Crippen molar-refractivity contribution in [3.05, 3.63) is 34.9 Å². The van der Waals surface area contributed by atoms with Crippen molar-refractivity contribution in [3.8, 4) is 12.1 Å². The van der Waals surface area contributed by atoms with Crippen molar-refractivity contribution in [2.45, 2.75) is 57.9 Å². The van der Waals surface area contributed by atoms with Gasteiger partial charge in [-0.05, 0) is 68.8 Å². The monoisotopic (exact) mass is 338 g/mol. The van der Waals surface area contributed by atoms with Gasteiger partial charge in [0.05, 0.1) is 17.7 Å². The molecule has 1 fully saturated rings. The minimum absolute atomic E-state index is 0.552. The first-order valence-corrected chi connectivity index (χ1v) is 9.51. The Morgan fingerprint density at radius 1 is 1.36 bits per heavy atom. The summed E-state index contributed by atoms with van der Waals surface area (Å²) in [5, 5.41) is 21.2. The average molecular weight is 338 g/mol. The van der Waals surface area contributed by atoms with Crippen LogP contribution in [0.3, 0.4) is 0 Å². The van der Waals surface area contributed by atoms with E-state index in [1.165, 1.54) is 24.8 Å². The predicted molar refractivity (Wildman–Crippen MR) is 101 cm³/mol. The Morgan fingerprint density at radius 2 is 2.20 bits per heavy atom. The van der Waals surface area contributed by atoms with Crippen LogP contribution in [0.2, 0.25) is 0 Å². The second-order valence-corrected chi connectivity index (χ2v) is 7.08.